The molecule has 2 heteroatoms. The predicted octanol–water partition coefficient (Wildman–Crippen LogP) is 2.25. The SMILES string of the molecule is CCC=NCCC(CCC)NC. The Bertz CT molecular complexity index is 110. The summed E-state index contributed by atoms with van der Waals surface area (Å²) < 4.78 is 0. The van der Waals surface area contributed by atoms with Crippen LogP contribution in [-0.2, 0) is 0 Å². The minimum atomic E-state index is 0.656. The van der Waals surface area contributed by atoms with Crippen molar-refractivity contribution in [1.29, 1.82) is 0 Å². The van der Waals surface area contributed by atoms with Gasteiger partial charge in [0, 0.05) is 12.6 Å². The Morgan fingerprint density at radius 1 is 1.33 bits per heavy atom. The van der Waals surface area contributed by atoms with Crippen LogP contribution >= 0.6 is 0 Å². The van der Waals surface area contributed by atoms with Crippen LogP contribution in [-0.4, -0.2) is 25.8 Å². The zero-order chi connectivity index (χ0) is 9.23. The van der Waals surface area contributed by atoms with Crippen molar-refractivity contribution in [1.82, 2.24) is 5.32 Å². The molecule has 0 aliphatic carbocycles. The van der Waals surface area contributed by atoms with Gasteiger partial charge in [-0.05, 0) is 32.5 Å². The Morgan fingerprint density at radius 2 is 2.08 bits per heavy atom. The molecule has 12 heavy (non-hydrogen) atoms. The highest BCUT2D eigenvalue weighted by Gasteiger charge is 2.01. The first kappa shape index (κ1) is 11.6. The minimum Gasteiger partial charge on any atom is -0.317 e. The molecule has 0 aromatic carbocycles. The molecule has 0 aromatic rings. The molecule has 0 heterocycles. The van der Waals surface area contributed by atoms with E-state index < -0.39 is 0 Å². The molecule has 0 bridgehead atoms. The maximum atomic E-state index is 4.29. The standard InChI is InChI=1S/C10H22N2/c1-4-6-10(11-3)7-9-12-8-5-2/h8,10-11H,4-7,9H2,1-3H3. The van der Waals surface area contributed by atoms with Crippen LogP contribution in [0, 0.1) is 0 Å². The lowest BCUT2D eigenvalue weighted by atomic mass is 10.1. The van der Waals surface area contributed by atoms with Crippen LogP contribution in [0.2, 0.25) is 0 Å². The van der Waals surface area contributed by atoms with Gasteiger partial charge in [-0.25, -0.2) is 0 Å². The van der Waals surface area contributed by atoms with Gasteiger partial charge < -0.3 is 5.32 Å². The molecule has 0 fully saturated rings. The van der Waals surface area contributed by atoms with E-state index in [1.807, 2.05) is 13.3 Å². The first-order valence-corrected chi connectivity index (χ1v) is 5.00. The van der Waals surface area contributed by atoms with E-state index in [0.717, 1.165) is 13.0 Å². The zero-order valence-corrected chi connectivity index (χ0v) is 8.64. The second-order valence-electron chi connectivity index (χ2n) is 3.06. The summed E-state index contributed by atoms with van der Waals surface area (Å²) in [4.78, 5) is 4.29. The van der Waals surface area contributed by atoms with Crippen LogP contribution in [0.3, 0.4) is 0 Å². The van der Waals surface area contributed by atoms with Gasteiger partial charge >= 0.3 is 0 Å². The van der Waals surface area contributed by atoms with Crippen molar-refractivity contribution in [2.24, 2.45) is 4.99 Å². The molecule has 0 amide bonds. The summed E-state index contributed by atoms with van der Waals surface area (Å²) in [5.74, 6) is 0. The Balaban J connectivity index is 3.37. The smallest absolute Gasteiger partial charge is 0.0400 e. The lowest BCUT2D eigenvalue weighted by Gasteiger charge is -2.12. The van der Waals surface area contributed by atoms with Gasteiger partial charge in [-0.1, -0.05) is 20.3 Å². The molecular weight excluding hydrogens is 148 g/mol. The van der Waals surface area contributed by atoms with E-state index in [0.29, 0.717) is 6.04 Å². The third-order valence-corrected chi connectivity index (χ3v) is 1.96. The van der Waals surface area contributed by atoms with Crippen molar-refractivity contribution in [3.63, 3.8) is 0 Å². The molecule has 0 spiro atoms. The Kier molecular flexibility index (Phi) is 8.46. The van der Waals surface area contributed by atoms with E-state index in [1.54, 1.807) is 0 Å². The highest BCUT2D eigenvalue weighted by molar-refractivity contribution is 5.56. The fourth-order valence-electron chi connectivity index (χ4n) is 1.23. The van der Waals surface area contributed by atoms with E-state index >= 15 is 0 Å². The van der Waals surface area contributed by atoms with E-state index in [9.17, 15) is 0 Å². The molecule has 0 aromatic heterocycles. The van der Waals surface area contributed by atoms with E-state index in [4.69, 9.17) is 0 Å². The van der Waals surface area contributed by atoms with Crippen LogP contribution in [0.1, 0.15) is 39.5 Å². The van der Waals surface area contributed by atoms with Gasteiger partial charge in [-0.15, -0.1) is 0 Å². The second-order valence-corrected chi connectivity index (χ2v) is 3.06. The largest absolute Gasteiger partial charge is 0.317 e. The third-order valence-electron chi connectivity index (χ3n) is 1.96. The van der Waals surface area contributed by atoms with Crippen LogP contribution in [0.5, 0.6) is 0 Å². The van der Waals surface area contributed by atoms with E-state index in [-0.39, 0.29) is 0 Å². The number of hydrogen-bond acceptors (Lipinski definition) is 2. The Hall–Kier alpha value is -0.370. The van der Waals surface area contributed by atoms with E-state index in [1.165, 1.54) is 19.3 Å². The summed E-state index contributed by atoms with van der Waals surface area (Å²) in [6, 6.07) is 0.656. The molecule has 0 rings (SSSR count). The molecule has 0 aliphatic heterocycles. The molecule has 0 radical (unpaired) electrons. The molecule has 1 N–H and O–H groups in total. The summed E-state index contributed by atoms with van der Waals surface area (Å²) in [5, 5.41) is 3.31. The van der Waals surface area contributed by atoms with Crippen molar-refractivity contribution < 1.29 is 0 Å². The lowest BCUT2D eigenvalue weighted by molar-refractivity contribution is 0.490. The predicted molar refractivity (Wildman–Crippen MR) is 56.0 cm³/mol. The van der Waals surface area contributed by atoms with Crippen LogP contribution in [0.25, 0.3) is 0 Å². The summed E-state index contributed by atoms with van der Waals surface area (Å²) in [6.45, 7) is 5.31. The monoisotopic (exact) mass is 170 g/mol. The summed E-state index contributed by atoms with van der Waals surface area (Å²) in [6.07, 6.45) is 6.73. The first-order valence-electron chi connectivity index (χ1n) is 5.00. The summed E-state index contributed by atoms with van der Waals surface area (Å²) in [7, 11) is 2.03. The maximum absolute atomic E-state index is 4.29. The molecular formula is C10H22N2. The van der Waals surface area contributed by atoms with Crippen molar-refractivity contribution in [2.45, 2.75) is 45.6 Å². The normalized spacial score (nSPS) is 13.9. The average Bonchev–Trinajstić information content (AvgIpc) is 2.10. The number of nitrogens with one attached hydrogen (secondary N) is 1. The number of nitrogens with zero attached hydrogens (tertiary/aromatic N) is 1. The zero-order valence-electron chi connectivity index (χ0n) is 8.64. The molecule has 1 unspecified atom stereocenters. The molecule has 2 nitrogen and oxygen atoms in total. The molecule has 0 saturated heterocycles. The molecule has 0 aliphatic rings. The highest BCUT2D eigenvalue weighted by atomic mass is 14.9. The van der Waals surface area contributed by atoms with Gasteiger partial charge in [0.25, 0.3) is 0 Å². The molecule has 1 atom stereocenters. The fraction of sp³-hybridized carbons (Fsp3) is 0.900. The topological polar surface area (TPSA) is 24.4 Å². The lowest BCUT2D eigenvalue weighted by Crippen LogP contribution is -2.25. The quantitative estimate of drug-likeness (QED) is 0.582. The van der Waals surface area contributed by atoms with Gasteiger partial charge in [0.05, 0.1) is 0 Å². The van der Waals surface area contributed by atoms with Gasteiger partial charge in [-0.3, -0.25) is 4.99 Å². The van der Waals surface area contributed by atoms with Crippen LogP contribution in [0.15, 0.2) is 4.99 Å². The van der Waals surface area contributed by atoms with Crippen molar-refractivity contribution in [3.05, 3.63) is 0 Å². The maximum Gasteiger partial charge on any atom is 0.0400 e. The van der Waals surface area contributed by atoms with Gasteiger partial charge in [0.15, 0.2) is 0 Å². The Morgan fingerprint density at radius 3 is 2.58 bits per heavy atom. The number of aliphatic imine (C=N–C) groups is 1. The summed E-state index contributed by atoms with van der Waals surface area (Å²) >= 11 is 0. The van der Waals surface area contributed by atoms with Crippen molar-refractivity contribution >= 4 is 6.21 Å². The summed E-state index contributed by atoms with van der Waals surface area (Å²) in [5.41, 5.74) is 0. The highest BCUT2D eigenvalue weighted by Crippen LogP contribution is 2.00. The van der Waals surface area contributed by atoms with Crippen molar-refractivity contribution in [3.8, 4) is 0 Å². The number of hydrogen-bond donors (Lipinski definition) is 1. The Labute approximate surface area is 76.5 Å². The molecule has 0 saturated carbocycles. The van der Waals surface area contributed by atoms with Crippen molar-refractivity contribution in [2.75, 3.05) is 13.6 Å². The van der Waals surface area contributed by atoms with Gasteiger partial charge in [0.1, 0.15) is 0 Å². The van der Waals surface area contributed by atoms with Crippen LogP contribution < -0.4 is 5.32 Å². The fourth-order valence-corrected chi connectivity index (χ4v) is 1.23. The van der Waals surface area contributed by atoms with Gasteiger partial charge in [-0.2, -0.15) is 0 Å². The third kappa shape index (κ3) is 6.35. The number of rotatable bonds is 7. The van der Waals surface area contributed by atoms with Crippen LogP contribution in [0.4, 0.5) is 0 Å². The molecule has 72 valence electrons. The van der Waals surface area contributed by atoms with Gasteiger partial charge in [0.2, 0.25) is 0 Å². The minimum absolute atomic E-state index is 0.656. The second kappa shape index (κ2) is 8.72. The average molecular weight is 170 g/mol. The van der Waals surface area contributed by atoms with E-state index in [2.05, 4.69) is 24.2 Å². The first-order chi connectivity index (χ1) is 5.85.